The highest BCUT2D eigenvalue weighted by atomic mass is 16.2. The predicted octanol–water partition coefficient (Wildman–Crippen LogP) is 1.73. The third-order valence-electron chi connectivity index (χ3n) is 3.95. The molecule has 1 aromatic heterocycles. The first-order valence-electron chi connectivity index (χ1n) is 7.15. The van der Waals surface area contributed by atoms with Crippen molar-refractivity contribution in [2.75, 3.05) is 0 Å². The van der Waals surface area contributed by atoms with Crippen molar-refractivity contribution in [1.82, 2.24) is 15.2 Å². The first-order chi connectivity index (χ1) is 9.64. The Hall–Kier alpha value is -1.91. The van der Waals surface area contributed by atoms with Crippen LogP contribution in [0.15, 0.2) is 24.5 Å². The van der Waals surface area contributed by atoms with Crippen molar-refractivity contribution in [1.29, 1.82) is 0 Å². The third kappa shape index (κ3) is 2.91. The molecule has 1 aromatic rings. The number of rotatable bonds is 2. The number of carbonyl (C=O) groups excluding carboxylic acids is 2. The zero-order valence-electron chi connectivity index (χ0n) is 13.3. The van der Waals surface area contributed by atoms with Crippen LogP contribution in [0.4, 0.5) is 0 Å². The van der Waals surface area contributed by atoms with Crippen LogP contribution in [-0.2, 0) is 16.1 Å². The second-order valence-electron chi connectivity index (χ2n) is 7.12. The molecule has 2 rings (SSSR count). The third-order valence-corrected chi connectivity index (χ3v) is 3.95. The van der Waals surface area contributed by atoms with Gasteiger partial charge in [0.05, 0.1) is 0 Å². The number of nitrogens with one attached hydrogen (secondary N) is 1. The summed E-state index contributed by atoms with van der Waals surface area (Å²) in [5.74, 6) is -0.165. The number of hydrogen-bond donors (Lipinski definition) is 1. The summed E-state index contributed by atoms with van der Waals surface area (Å²) in [6.07, 6.45) is 3.42. The SMILES string of the molecule is CC(C)(C)C1NC(=O)C(C)(C)N(Cc2cccnc2)C1=O. The summed E-state index contributed by atoms with van der Waals surface area (Å²) in [6, 6.07) is 3.24. The Morgan fingerprint density at radius 1 is 1.33 bits per heavy atom. The standard InChI is InChI=1S/C16H23N3O2/c1-15(2,3)12-13(20)19(16(4,5)14(21)18-12)10-11-7-6-8-17-9-11/h6-9,12H,10H2,1-5H3,(H,18,21). The summed E-state index contributed by atoms with van der Waals surface area (Å²) in [4.78, 5) is 30.9. The van der Waals surface area contributed by atoms with Crippen molar-refractivity contribution < 1.29 is 9.59 Å². The Bertz CT molecular complexity index is 546. The molecule has 114 valence electrons. The van der Waals surface area contributed by atoms with Gasteiger partial charge in [-0.15, -0.1) is 0 Å². The van der Waals surface area contributed by atoms with E-state index < -0.39 is 11.6 Å². The van der Waals surface area contributed by atoms with Gasteiger partial charge in [-0.25, -0.2) is 0 Å². The fourth-order valence-corrected chi connectivity index (χ4v) is 2.46. The molecular formula is C16H23N3O2. The molecule has 0 radical (unpaired) electrons. The Morgan fingerprint density at radius 3 is 2.52 bits per heavy atom. The molecule has 0 bridgehead atoms. The number of carbonyl (C=O) groups is 2. The summed E-state index contributed by atoms with van der Waals surface area (Å²) in [5.41, 5.74) is -0.272. The van der Waals surface area contributed by atoms with Gasteiger partial charge in [0.1, 0.15) is 11.6 Å². The van der Waals surface area contributed by atoms with Gasteiger partial charge < -0.3 is 10.2 Å². The Kier molecular flexibility index (Phi) is 3.78. The van der Waals surface area contributed by atoms with E-state index in [4.69, 9.17) is 0 Å². The number of piperazine rings is 1. The van der Waals surface area contributed by atoms with Gasteiger partial charge in [-0.3, -0.25) is 14.6 Å². The van der Waals surface area contributed by atoms with E-state index in [9.17, 15) is 9.59 Å². The van der Waals surface area contributed by atoms with E-state index in [0.717, 1.165) is 5.56 Å². The molecule has 1 aliphatic heterocycles. The van der Waals surface area contributed by atoms with Crippen molar-refractivity contribution in [2.45, 2.75) is 52.7 Å². The number of amides is 2. The van der Waals surface area contributed by atoms with Crippen LogP contribution in [0.5, 0.6) is 0 Å². The van der Waals surface area contributed by atoms with Gasteiger partial charge in [-0.2, -0.15) is 0 Å². The Morgan fingerprint density at radius 2 is 2.00 bits per heavy atom. The topological polar surface area (TPSA) is 62.3 Å². The fraction of sp³-hybridized carbons (Fsp3) is 0.562. The van der Waals surface area contributed by atoms with Crippen LogP contribution in [-0.4, -0.2) is 33.3 Å². The van der Waals surface area contributed by atoms with Crippen molar-refractivity contribution >= 4 is 11.8 Å². The van der Waals surface area contributed by atoms with Crippen LogP contribution in [0.2, 0.25) is 0 Å². The van der Waals surface area contributed by atoms with Crippen LogP contribution in [0.3, 0.4) is 0 Å². The average molecular weight is 289 g/mol. The lowest BCUT2D eigenvalue weighted by atomic mass is 9.81. The van der Waals surface area contributed by atoms with Gasteiger partial charge in [-0.1, -0.05) is 26.8 Å². The largest absolute Gasteiger partial charge is 0.342 e. The molecule has 2 heterocycles. The Balaban J connectivity index is 2.34. The maximum atomic E-state index is 12.8. The molecule has 5 heteroatoms. The quantitative estimate of drug-likeness (QED) is 0.902. The Labute approximate surface area is 125 Å². The highest BCUT2D eigenvalue weighted by molar-refractivity contribution is 5.99. The minimum atomic E-state index is -0.866. The van der Waals surface area contributed by atoms with Gasteiger partial charge >= 0.3 is 0 Å². The molecule has 0 aromatic carbocycles. The van der Waals surface area contributed by atoms with Crippen LogP contribution in [0.1, 0.15) is 40.2 Å². The second kappa shape index (κ2) is 5.13. The van der Waals surface area contributed by atoms with Crippen LogP contribution in [0, 0.1) is 5.41 Å². The first kappa shape index (κ1) is 15.5. The molecular weight excluding hydrogens is 266 g/mol. The molecule has 1 N–H and O–H groups in total. The van der Waals surface area contributed by atoms with Crippen molar-refractivity contribution in [3.05, 3.63) is 30.1 Å². The smallest absolute Gasteiger partial charge is 0.246 e. The van der Waals surface area contributed by atoms with E-state index in [-0.39, 0.29) is 17.2 Å². The van der Waals surface area contributed by atoms with E-state index in [1.807, 2.05) is 32.9 Å². The number of pyridine rings is 1. The van der Waals surface area contributed by atoms with Crippen molar-refractivity contribution in [2.24, 2.45) is 5.41 Å². The molecule has 1 saturated heterocycles. The summed E-state index contributed by atoms with van der Waals surface area (Å²) in [6.45, 7) is 9.80. The van der Waals surface area contributed by atoms with Gasteiger partial charge in [0.2, 0.25) is 11.8 Å². The lowest BCUT2D eigenvalue weighted by Crippen LogP contribution is -2.70. The zero-order chi connectivity index (χ0) is 15.8. The normalized spacial score (nSPS) is 22.1. The molecule has 1 fully saturated rings. The monoisotopic (exact) mass is 289 g/mol. The molecule has 2 amide bonds. The number of nitrogens with zero attached hydrogens (tertiary/aromatic N) is 2. The predicted molar refractivity (Wildman–Crippen MR) is 80.3 cm³/mol. The molecule has 21 heavy (non-hydrogen) atoms. The molecule has 1 aliphatic rings. The van der Waals surface area contributed by atoms with Crippen LogP contribution >= 0.6 is 0 Å². The van der Waals surface area contributed by atoms with E-state index in [1.54, 1.807) is 31.1 Å². The zero-order valence-corrected chi connectivity index (χ0v) is 13.3. The average Bonchev–Trinajstić information content (AvgIpc) is 2.39. The lowest BCUT2D eigenvalue weighted by Gasteiger charge is -2.47. The minimum Gasteiger partial charge on any atom is -0.342 e. The van der Waals surface area contributed by atoms with E-state index in [1.165, 1.54) is 0 Å². The minimum absolute atomic E-state index is 0.0454. The lowest BCUT2D eigenvalue weighted by molar-refractivity contribution is -0.159. The summed E-state index contributed by atoms with van der Waals surface area (Å²) < 4.78 is 0. The highest BCUT2D eigenvalue weighted by Crippen LogP contribution is 2.30. The van der Waals surface area contributed by atoms with Crippen LogP contribution < -0.4 is 5.32 Å². The van der Waals surface area contributed by atoms with Crippen molar-refractivity contribution in [3.63, 3.8) is 0 Å². The van der Waals surface area contributed by atoms with Crippen LogP contribution in [0.25, 0.3) is 0 Å². The van der Waals surface area contributed by atoms with E-state index in [2.05, 4.69) is 10.3 Å². The summed E-state index contributed by atoms with van der Waals surface area (Å²) in [7, 11) is 0. The summed E-state index contributed by atoms with van der Waals surface area (Å²) in [5, 5.41) is 2.87. The van der Waals surface area contributed by atoms with E-state index in [0.29, 0.717) is 6.54 Å². The number of aromatic nitrogens is 1. The molecule has 1 unspecified atom stereocenters. The van der Waals surface area contributed by atoms with Gasteiger partial charge in [-0.05, 0) is 30.9 Å². The number of hydrogen-bond acceptors (Lipinski definition) is 3. The highest BCUT2D eigenvalue weighted by Gasteiger charge is 2.49. The molecule has 0 aliphatic carbocycles. The maximum absolute atomic E-state index is 12.8. The van der Waals surface area contributed by atoms with Crippen molar-refractivity contribution in [3.8, 4) is 0 Å². The van der Waals surface area contributed by atoms with Gasteiger partial charge in [0.25, 0.3) is 0 Å². The molecule has 0 saturated carbocycles. The summed E-state index contributed by atoms with van der Waals surface area (Å²) >= 11 is 0. The maximum Gasteiger partial charge on any atom is 0.246 e. The molecule has 0 spiro atoms. The second-order valence-corrected chi connectivity index (χ2v) is 7.12. The van der Waals surface area contributed by atoms with Gasteiger partial charge in [0, 0.05) is 18.9 Å². The van der Waals surface area contributed by atoms with E-state index >= 15 is 0 Å². The first-order valence-corrected chi connectivity index (χ1v) is 7.15. The molecule has 1 atom stereocenters. The fourth-order valence-electron chi connectivity index (χ4n) is 2.46. The van der Waals surface area contributed by atoms with Gasteiger partial charge in [0.15, 0.2) is 0 Å². The molecule has 5 nitrogen and oxygen atoms in total.